The number of nitrogens with one attached hydrogen (secondary N) is 2. The van der Waals surface area contributed by atoms with Gasteiger partial charge in [-0.3, -0.25) is 4.79 Å². The third kappa shape index (κ3) is 2.38. The zero-order valence-corrected chi connectivity index (χ0v) is 11.0. The predicted molar refractivity (Wildman–Crippen MR) is 78.7 cm³/mol. The smallest absolute Gasteiger partial charge is 0.233 e. The lowest BCUT2D eigenvalue weighted by atomic mass is 10.0. The van der Waals surface area contributed by atoms with Gasteiger partial charge < -0.3 is 15.7 Å². The van der Waals surface area contributed by atoms with E-state index in [0.29, 0.717) is 12.2 Å². The third-order valence-electron chi connectivity index (χ3n) is 3.53. The summed E-state index contributed by atoms with van der Waals surface area (Å²) >= 11 is 0. The highest BCUT2D eigenvalue weighted by Crippen LogP contribution is 2.31. The Morgan fingerprint density at radius 3 is 2.95 bits per heavy atom. The first-order chi connectivity index (χ1) is 9.78. The molecule has 0 spiro atoms. The number of para-hydroxylation sites is 1. The topological polar surface area (TPSA) is 61.4 Å². The summed E-state index contributed by atoms with van der Waals surface area (Å²) in [6.45, 7) is 0.586. The molecule has 1 aliphatic heterocycles. The van der Waals surface area contributed by atoms with Crippen molar-refractivity contribution in [1.29, 1.82) is 0 Å². The second kappa shape index (κ2) is 5.35. The van der Waals surface area contributed by atoms with Crippen LogP contribution in [-0.4, -0.2) is 17.6 Å². The summed E-state index contributed by atoms with van der Waals surface area (Å²) in [6.07, 6.45) is 0. The van der Waals surface area contributed by atoms with Crippen molar-refractivity contribution in [3.8, 4) is 0 Å². The third-order valence-corrected chi connectivity index (χ3v) is 3.53. The summed E-state index contributed by atoms with van der Waals surface area (Å²) in [4.78, 5) is 12.4. The quantitative estimate of drug-likeness (QED) is 0.800. The Morgan fingerprint density at radius 1 is 1.25 bits per heavy atom. The van der Waals surface area contributed by atoms with Gasteiger partial charge in [-0.05, 0) is 29.3 Å². The average Bonchev–Trinajstić information content (AvgIpc) is 2.91. The van der Waals surface area contributed by atoms with E-state index in [9.17, 15) is 4.79 Å². The summed E-state index contributed by atoms with van der Waals surface area (Å²) in [5, 5.41) is 15.3. The fourth-order valence-electron chi connectivity index (χ4n) is 2.49. The van der Waals surface area contributed by atoms with E-state index < -0.39 is 0 Å². The molecule has 20 heavy (non-hydrogen) atoms. The molecule has 0 radical (unpaired) electrons. The molecule has 2 aromatic rings. The van der Waals surface area contributed by atoms with Gasteiger partial charge in [0.15, 0.2) is 0 Å². The van der Waals surface area contributed by atoms with Crippen LogP contribution >= 0.6 is 0 Å². The van der Waals surface area contributed by atoms with Gasteiger partial charge in [-0.25, -0.2) is 0 Å². The van der Waals surface area contributed by atoms with E-state index in [4.69, 9.17) is 5.11 Å². The van der Waals surface area contributed by atoms with Crippen molar-refractivity contribution in [2.24, 2.45) is 0 Å². The van der Waals surface area contributed by atoms with Crippen molar-refractivity contribution in [2.75, 3.05) is 17.2 Å². The average molecular weight is 268 g/mol. The second-order valence-electron chi connectivity index (χ2n) is 4.87. The molecule has 0 saturated carbocycles. The molecule has 4 nitrogen and oxygen atoms in total. The van der Waals surface area contributed by atoms with Crippen LogP contribution in [0.15, 0.2) is 48.5 Å². The van der Waals surface area contributed by atoms with Crippen molar-refractivity contribution in [3.63, 3.8) is 0 Å². The van der Waals surface area contributed by atoms with E-state index in [1.807, 2.05) is 42.5 Å². The Morgan fingerprint density at radius 2 is 2.10 bits per heavy atom. The second-order valence-corrected chi connectivity index (χ2v) is 4.87. The molecule has 0 saturated heterocycles. The molecule has 1 atom stereocenters. The summed E-state index contributed by atoms with van der Waals surface area (Å²) < 4.78 is 0. The van der Waals surface area contributed by atoms with Crippen LogP contribution in [0.5, 0.6) is 0 Å². The summed E-state index contributed by atoms with van der Waals surface area (Å²) in [6, 6.07) is 15.1. The Balaban J connectivity index is 1.77. The molecular weight excluding hydrogens is 252 g/mol. The molecule has 0 bridgehead atoms. The summed E-state index contributed by atoms with van der Waals surface area (Å²) in [7, 11) is 0. The van der Waals surface area contributed by atoms with Gasteiger partial charge >= 0.3 is 0 Å². The van der Waals surface area contributed by atoms with Gasteiger partial charge in [-0.1, -0.05) is 30.3 Å². The Kier molecular flexibility index (Phi) is 3.39. The van der Waals surface area contributed by atoms with Gasteiger partial charge in [0.1, 0.15) is 0 Å². The largest absolute Gasteiger partial charge is 0.392 e. The maximum Gasteiger partial charge on any atom is 0.233 e. The minimum absolute atomic E-state index is 0.0301. The van der Waals surface area contributed by atoms with Crippen molar-refractivity contribution in [1.82, 2.24) is 0 Å². The van der Waals surface area contributed by atoms with Gasteiger partial charge in [0, 0.05) is 17.9 Å². The van der Waals surface area contributed by atoms with E-state index >= 15 is 0 Å². The van der Waals surface area contributed by atoms with Crippen LogP contribution in [-0.2, 0) is 11.4 Å². The van der Waals surface area contributed by atoms with Crippen LogP contribution in [0.4, 0.5) is 11.4 Å². The number of carbonyl (C=O) groups excluding carboxylic acids is 1. The molecule has 3 rings (SSSR count). The lowest BCUT2D eigenvalue weighted by molar-refractivity contribution is -0.117. The molecule has 1 unspecified atom stereocenters. The molecule has 1 aliphatic rings. The van der Waals surface area contributed by atoms with Crippen molar-refractivity contribution >= 4 is 17.3 Å². The Hall–Kier alpha value is -2.33. The first-order valence-electron chi connectivity index (χ1n) is 6.61. The number of aliphatic hydroxyl groups excluding tert-OH is 1. The normalized spacial score (nSPS) is 16.4. The molecular formula is C16H16N2O2. The summed E-state index contributed by atoms with van der Waals surface area (Å²) in [5.41, 5.74) is 3.55. The van der Waals surface area contributed by atoms with Gasteiger partial charge in [-0.15, -0.1) is 0 Å². The zero-order chi connectivity index (χ0) is 13.9. The fourth-order valence-corrected chi connectivity index (χ4v) is 2.49. The molecule has 3 N–H and O–H groups in total. The number of benzene rings is 2. The maximum atomic E-state index is 12.4. The molecule has 4 heteroatoms. The molecule has 1 amide bonds. The molecule has 0 aliphatic carbocycles. The fraction of sp³-hybridized carbons (Fsp3) is 0.188. The molecule has 102 valence electrons. The van der Waals surface area contributed by atoms with E-state index in [0.717, 1.165) is 16.8 Å². The van der Waals surface area contributed by atoms with Crippen LogP contribution < -0.4 is 10.6 Å². The van der Waals surface area contributed by atoms with E-state index in [-0.39, 0.29) is 18.4 Å². The van der Waals surface area contributed by atoms with Crippen molar-refractivity contribution in [2.45, 2.75) is 12.5 Å². The summed E-state index contributed by atoms with van der Waals surface area (Å²) in [5.74, 6) is -0.207. The number of aliphatic hydroxyl groups is 1. The number of rotatable bonds is 3. The Labute approximate surface area is 117 Å². The lowest BCUT2D eigenvalue weighted by Crippen LogP contribution is -2.22. The number of hydrogen-bond donors (Lipinski definition) is 3. The number of carbonyl (C=O) groups is 1. The first kappa shape index (κ1) is 12.7. The molecule has 2 aromatic carbocycles. The van der Waals surface area contributed by atoms with E-state index in [2.05, 4.69) is 10.6 Å². The molecule has 1 heterocycles. The molecule has 0 fully saturated rings. The minimum atomic E-state index is -0.177. The number of amides is 1. The van der Waals surface area contributed by atoms with Crippen LogP contribution in [0.25, 0.3) is 0 Å². The van der Waals surface area contributed by atoms with Crippen LogP contribution in [0, 0.1) is 0 Å². The van der Waals surface area contributed by atoms with Gasteiger partial charge in [0.2, 0.25) is 5.91 Å². The van der Waals surface area contributed by atoms with E-state index in [1.165, 1.54) is 0 Å². The standard InChI is InChI=1S/C16H16N2O2/c19-10-11-4-3-5-12(8-11)18-16(20)14-9-17-15-7-2-1-6-13(14)15/h1-8,14,17,19H,9-10H2,(H,18,20). The van der Waals surface area contributed by atoms with Crippen molar-refractivity contribution < 1.29 is 9.90 Å². The van der Waals surface area contributed by atoms with Crippen LogP contribution in [0.3, 0.4) is 0 Å². The Bertz CT molecular complexity index is 640. The van der Waals surface area contributed by atoms with Gasteiger partial charge in [0.25, 0.3) is 0 Å². The highest BCUT2D eigenvalue weighted by molar-refractivity contribution is 5.98. The lowest BCUT2D eigenvalue weighted by Gasteiger charge is -2.11. The number of fused-ring (bicyclic) bond motifs is 1. The highest BCUT2D eigenvalue weighted by Gasteiger charge is 2.28. The van der Waals surface area contributed by atoms with Crippen molar-refractivity contribution in [3.05, 3.63) is 59.7 Å². The zero-order valence-electron chi connectivity index (χ0n) is 11.0. The predicted octanol–water partition coefficient (Wildman–Crippen LogP) is 2.33. The van der Waals surface area contributed by atoms with Crippen LogP contribution in [0.1, 0.15) is 17.0 Å². The van der Waals surface area contributed by atoms with Gasteiger partial charge in [-0.2, -0.15) is 0 Å². The SMILES string of the molecule is O=C(Nc1cccc(CO)c1)C1CNc2ccccc21. The number of hydrogen-bond acceptors (Lipinski definition) is 3. The molecule has 0 aromatic heterocycles. The van der Waals surface area contributed by atoms with E-state index in [1.54, 1.807) is 6.07 Å². The highest BCUT2D eigenvalue weighted by atomic mass is 16.3. The monoisotopic (exact) mass is 268 g/mol. The maximum absolute atomic E-state index is 12.4. The minimum Gasteiger partial charge on any atom is -0.392 e. The first-order valence-corrected chi connectivity index (χ1v) is 6.61. The van der Waals surface area contributed by atoms with Crippen LogP contribution in [0.2, 0.25) is 0 Å². The van der Waals surface area contributed by atoms with Gasteiger partial charge in [0.05, 0.1) is 12.5 Å². The number of anilines is 2.